The minimum absolute atomic E-state index is 0.0924. The van der Waals surface area contributed by atoms with Crippen molar-refractivity contribution in [3.8, 4) is 10.6 Å². The van der Waals surface area contributed by atoms with Crippen molar-refractivity contribution in [1.29, 1.82) is 0 Å². The molecule has 0 saturated heterocycles. The van der Waals surface area contributed by atoms with Gasteiger partial charge in [0.1, 0.15) is 5.01 Å². The van der Waals surface area contributed by atoms with E-state index in [0.29, 0.717) is 0 Å². The Labute approximate surface area is 122 Å². The van der Waals surface area contributed by atoms with Gasteiger partial charge in [0.15, 0.2) is 5.69 Å². The van der Waals surface area contributed by atoms with E-state index in [1.807, 2.05) is 24.3 Å². The summed E-state index contributed by atoms with van der Waals surface area (Å²) in [5, 5.41) is 11.2. The number of thiazole rings is 1. The van der Waals surface area contributed by atoms with Crippen molar-refractivity contribution in [3.05, 3.63) is 40.9 Å². The quantitative estimate of drug-likeness (QED) is 0.874. The minimum atomic E-state index is -0.994. The lowest BCUT2D eigenvalue weighted by molar-refractivity contribution is 0.0691. The van der Waals surface area contributed by atoms with Crippen LogP contribution >= 0.6 is 11.3 Å². The molecule has 2 rings (SSSR count). The van der Waals surface area contributed by atoms with Gasteiger partial charge in [0.25, 0.3) is 0 Å². The summed E-state index contributed by atoms with van der Waals surface area (Å²) >= 11 is 1.34. The highest BCUT2D eigenvalue weighted by Crippen LogP contribution is 2.27. The van der Waals surface area contributed by atoms with E-state index < -0.39 is 5.97 Å². The molecule has 1 aromatic carbocycles. The summed E-state index contributed by atoms with van der Waals surface area (Å²) in [6.45, 7) is 2.13. The summed E-state index contributed by atoms with van der Waals surface area (Å²) in [6, 6.07) is 7.95. The van der Waals surface area contributed by atoms with Crippen LogP contribution in [0.15, 0.2) is 29.6 Å². The van der Waals surface area contributed by atoms with Gasteiger partial charge in [-0.1, -0.05) is 37.6 Å². The van der Waals surface area contributed by atoms with Crippen molar-refractivity contribution in [3.63, 3.8) is 0 Å². The number of aromatic carboxylic acids is 1. The highest BCUT2D eigenvalue weighted by atomic mass is 32.1. The van der Waals surface area contributed by atoms with Gasteiger partial charge < -0.3 is 9.84 Å². The van der Waals surface area contributed by atoms with Crippen LogP contribution in [0.1, 0.15) is 41.9 Å². The number of rotatable bonds is 6. The molecule has 0 aliphatic carbocycles. The van der Waals surface area contributed by atoms with E-state index in [1.165, 1.54) is 11.3 Å². The van der Waals surface area contributed by atoms with Crippen LogP contribution in [0.3, 0.4) is 0 Å². The average molecular weight is 291 g/mol. The molecule has 1 aromatic heterocycles. The van der Waals surface area contributed by atoms with Crippen LogP contribution in [0, 0.1) is 0 Å². The van der Waals surface area contributed by atoms with E-state index in [0.717, 1.165) is 29.0 Å². The number of methoxy groups -OCH3 is 1. The molecule has 1 unspecified atom stereocenters. The first-order valence-corrected chi connectivity index (χ1v) is 7.35. The summed E-state index contributed by atoms with van der Waals surface area (Å²) in [7, 11) is 1.72. The molecule has 20 heavy (non-hydrogen) atoms. The molecule has 0 radical (unpaired) electrons. The summed E-state index contributed by atoms with van der Waals surface area (Å²) in [6.07, 6.45) is 2.16. The maximum absolute atomic E-state index is 10.8. The van der Waals surface area contributed by atoms with Crippen molar-refractivity contribution < 1.29 is 14.6 Å². The SMILES string of the molecule is CCCC(OC)c1ccc(-c2nc(C(=O)O)cs2)cc1. The minimum Gasteiger partial charge on any atom is -0.476 e. The van der Waals surface area contributed by atoms with Gasteiger partial charge in [-0.2, -0.15) is 0 Å². The number of carbonyl (C=O) groups is 1. The number of hydrogen-bond acceptors (Lipinski definition) is 4. The first-order chi connectivity index (χ1) is 9.65. The lowest BCUT2D eigenvalue weighted by atomic mass is 10.0. The maximum atomic E-state index is 10.8. The molecule has 5 heteroatoms. The number of hydrogen-bond donors (Lipinski definition) is 1. The zero-order valence-corrected chi connectivity index (χ0v) is 12.3. The number of aromatic nitrogens is 1. The Balaban J connectivity index is 2.20. The van der Waals surface area contributed by atoms with Gasteiger partial charge in [-0.15, -0.1) is 11.3 Å². The second-order valence-corrected chi connectivity index (χ2v) is 5.34. The fourth-order valence-electron chi connectivity index (χ4n) is 2.03. The van der Waals surface area contributed by atoms with E-state index in [-0.39, 0.29) is 11.8 Å². The summed E-state index contributed by atoms with van der Waals surface area (Å²) in [5.74, 6) is -0.994. The maximum Gasteiger partial charge on any atom is 0.355 e. The first kappa shape index (κ1) is 14.7. The Morgan fingerprint density at radius 1 is 1.40 bits per heavy atom. The molecule has 4 nitrogen and oxygen atoms in total. The Kier molecular flexibility index (Phi) is 4.87. The van der Waals surface area contributed by atoms with Gasteiger partial charge in [-0.05, 0) is 12.0 Å². The van der Waals surface area contributed by atoms with Gasteiger partial charge >= 0.3 is 5.97 Å². The van der Waals surface area contributed by atoms with Crippen LogP contribution < -0.4 is 0 Å². The predicted molar refractivity (Wildman–Crippen MR) is 79.2 cm³/mol. The second kappa shape index (κ2) is 6.63. The molecular formula is C15H17NO3S. The predicted octanol–water partition coefficient (Wildman–Crippen LogP) is 4.00. The van der Waals surface area contributed by atoms with Gasteiger partial charge in [0.05, 0.1) is 6.10 Å². The Bertz CT molecular complexity index is 577. The van der Waals surface area contributed by atoms with Crippen molar-refractivity contribution in [1.82, 2.24) is 4.98 Å². The number of ether oxygens (including phenoxy) is 1. The van der Waals surface area contributed by atoms with Gasteiger partial charge in [-0.3, -0.25) is 0 Å². The molecule has 0 fully saturated rings. The van der Waals surface area contributed by atoms with Gasteiger partial charge in [-0.25, -0.2) is 9.78 Å². The van der Waals surface area contributed by atoms with E-state index in [4.69, 9.17) is 9.84 Å². The molecule has 0 saturated carbocycles. The van der Waals surface area contributed by atoms with E-state index in [1.54, 1.807) is 12.5 Å². The zero-order valence-electron chi connectivity index (χ0n) is 11.5. The smallest absolute Gasteiger partial charge is 0.355 e. The topological polar surface area (TPSA) is 59.4 Å². The molecule has 1 atom stereocenters. The van der Waals surface area contributed by atoms with Crippen molar-refractivity contribution in [2.45, 2.75) is 25.9 Å². The largest absolute Gasteiger partial charge is 0.476 e. The third kappa shape index (κ3) is 3.23. The Morgan fingerprint density at radius 2 is 2.10 bits per heavy atom. The molecule has 106 valence electrons. The molecule has 0 aliphatic heterocycles. The number of carboxylic acid groups (broad SMARTS) is 1. The molecule has 1 N–H and O–H groups in total. The lowest BCUT2D eigenvalue weighted by Crippen LogP contribution is -2.00. The van der Waals surface area contributed by atoms with Crippen molar-refractivity contribution in [2.24, 2.45) is 0 Å². The molecular weight excluding hydrogens is 274 g/mol. The van der Waals surface area contributed by atoms with Crippen LogP contribution in [0.2, 0.25) is 0 Å². The first-order valence-electron chi connectivity index (χ1n) is 6.47. The normalized spacial score (nSPS) is 12.3. The second-order valence-electron chi connectivity index (χ2n) is 4.48. The fourth-order valence-corrected chi connectivity index (χ4v) is 2.83. The molecule has 0 amide bonds. The Hall–Kier alpha value is -1.72. The molecule has 0 spiro atoms. The average Bonchev–Trinajstić information content (AvgIpc) is 2.95. The van der Waals surface area contributed by atoms with Crippen LogP contribution in [0.25, 0.3) is 10.6 Å². The van der Waals surface area contributed by atoms with Crippen LogP contribution in [0.4, 0.5) is 0 Å². The molecule has 0 aliphatic rings. The molecule has 1 heterocycles. The fraction of sp³-hybridized carbons (Fsp3) is 0.333. The molecule has 0 bridgehead atoms. The van der Waals surface area contributed by atoms with Crippen LogP contribution in [0.5, 0.6) is 0 Å². The van der Waals surface area contributed by atoms with Crippen LogP contribution in [-0.2, 0) is 4.74 Å². The number of nitrogens with zero attached hydrogens (tertiary/aromatic N) is 1. The number of carboxylic acids is 1. The third-order valence-electron chi connectivity index (χ3n) is 3.09. The van der Waals surface area contributed by atoms with Crippen LogP contribution in [-0.4, -0.2) is 23.2 Å². The van der Waals surface area contributed by atoms with E-state index in [2.05, 4.69) is 11.9 Å². The van der Waals surface area contributed by atoms with Gasteiger partial charge in [0, 0.05) is 18.1 Å². The van der Waals surface area contributed by atoms with E-state index in [9.17, 15) is 4.79 Å². The lowest BCUT2D eigenvalue weighted by Gasteiger charge is -2.14. The summed E-state index contributed by atoms with van der Waals surface area (Å²) < 4.78 is 5.47. The highest BCUT2D eigenvalue weighted by Gasteiger charge is 2.12. The van der Waals surface area contributed by atoms with Crippen molar-refractivity contribution in [2.75, 3.05) is 7.11 Å². The summed E-state index contributed by atoms with van der Waals surface area (Å²) in [5.41, 5.74) is 2.15. The zero-order chi connectivity index (χ0) is 14.5. The van der Waals surface area contributed by atoms with E-state index >= 15 is 0 Å². The van der Waals surface area contributed by atoms with Crippen molar-refractivity contribution >= 4 is 17.3 Å². The monoisotopic (exact) mass is 291 g/mol. The Morgan fingerprint density at radius 3 is 2.60 bits per heavy atom. The highest BCUT2D eigenvalue weighted by molar-refractivity contribution is 7.13. The number of benzene rings is 1. The van der Waals surface area contributed by atoms with Gasteiger partial charge in [0.2, 0.25) is 0 Å². The molecule has 2 aromatic rings. The third-order valence-corrected chi connectivity index (χ3v) is 3.98. The standard InChI is InChI=1S/C15H17NO3S/c1-3-4-13(19-2)10-5-7-11(8-6-10)14-16-12(9-20-14)15(17)18/h5-9,13H,3-4H2,1-2H3,(H,17,18). The summed E-state index contributed by atoms with van der Waals surface area (Å²) in [4.78, 5) is 14.9.